The Labute approximate surface area is 192 Å². The van der Waals surface area contributed by atoms with Gasteiger partial charge in [-0.2, -0.15) is 0 Å². The molecule has 0 radical (unpaired) electrons. The third kappa shape index (κ3) is 8.04. The second-order valence-corrected chi connectivity index (χ2v) is 7.72. The Balaban J connectivity index is 2.27. The number of aliphatic hydroxyl groups excluding tert-OH is 1. The van der Waals surface area contributed by atoms with E-state index < -0.39 is 5.97 Å². The second kappa shape index (κ2) is 14.3. The summed E-state index contributed by atoms with van der Waals surface area (Å²) in [6.45, 7) is 5.48. The zero-order valence-corrected chi connectivity index (χ0v) is 19.6. The van der Waals surface area contributed by atoms with Gasteiger partial charge in [-0.1, -0.05) is 57.7 Å². The van der Waals surface area contributed by atoms with Crippen LogP contribution in [0.1, 0.15) is 73.9 Å². The highest BCUT2D eigenvalue weighted by Crippen LogP contribution is 2.31. The van der Waals surface area contributed by atoms with Crippen molar-refractivity contribution in [1.29, 1.82) is 0 Å². The molecule has 0 amide bonds. The Morgan fingerprint density at radius 3 is 2.16 bits per heavy atom. The van der Waals surface area contributed by atoms with Crippen LogP contribution in [0.5, 0.6) is 11.5 Å². The molecule has 0 atom stereocenters. The van der Waals surface area contributed by atoms with Gasteiger partial charge in [0.15, 0.2) is 11.5 Å². The van der Waals surface area contributed by atoms with E-state index in [1.807, 2.05) is 30.3 Å². The number of rotatable bonds is 14. The van der Waals surface area contributed by atoms with Gasteiger partial charge in [0, 0.05) is 0 Å². The topological polar surface area (TPSA) is 65.0 Å². The van der Waals surface area contributed by atoms with Crippen LogP contribution < -0.4 is 9.47 Å². The zero-order valence-electron chi connectivity index (χ0n) is 19.6. The number of esters is 1. The van der Waals surface area contributed by atoms with Crippen LogP contribution in [0, 0.1) is 0 Å². The Kier molecular flexibility index (Phi) is 11.4. The average Bonchev–Trinajstić information content (AvgIpc) is 2.83. The summed E-state index contributed by atoms with van der Waals surface area (Å²) in [5.41, 5.74) is 2.80. The molecule has 174 valence electrons. The Hall–Kier alpha value is -2.79. The molecule has 1 N–H and O–H groups in total. The van der Waals surface area contributed by atoms with Crippen molar-refractivity contribution in [3.8, 4) is 11.5 Å². The van der Waals surface area contributed by atoms with Gasteiger partial charge < -0.3 is 19.3 Å². The molecule has 0 bridgehead atoms. The maximum atomic E-state index is 11.9. The Bertz CT molecular complexity index is 872. The summed E-state index contributed by atoms with van der Waals surface area (Å²) >= 11 is 0. The van der Waals surface area contributed by atoms with E-state index in [-0.39, 0.29) is 6.61 Å². The summed E-state index contributed by atoms with van der Waals surface area (Å²) < 4.78 is 16.8. The minimum atomic E-state index is -0.406. The first-order valence-corrected chi connectivity index (χ1v) is 11.5. The number of methoxy groups -OCH3 is 1. The lowest BCUT2D eigenvalue weighted by Gasteiger charge is -2.14. The summed E-state index contributed by atoms with van der Waals surface area (Å²) in [5, 5.41) is 9.98. The van der Waals surface area contributed by atoms with Crippen molar-refractivity contribution in [2.24, 2.45) is 0 Å². The Morgan fingerprint density at radius 1 is 0.875 bits per heavy atom. The summed E-state index contributed by atoms with van der Waals surface area (Å²) in [6, 6.07) is 12.9. The average molecular weight is 441 g/mol. The monoisotopic (exact) mass is 440 g/mol. The van der Waals surface area contributed by atoms with Crippen LogP contribution in [0.25, 0.3) is 11.6 Å². The van der Waals surface area contributed by atoms with Crippen molar-refractivity contribution in [2.45, 2.75) is 52.4 Å². The van der Waals surface area contributed by atoms with Gasteiger partial charge in [0.2, 0.25) is 0 Å². The highest BCUT2D eigenvalue weighted by molar-refractivity contribution is 5.92. The first-order chi connectivity index (χ1) is 15.6. The van der Waals surface area contributed by atoms with Crippen molar-refractivity contribution in [2.75, 3.05) is 26.9 Å². The van der Waals surface area contributed by atoms with Crippen molar-refractivity contribution in [3.63, 3.8) is 0 Å². The van der Waals surface area contributed by atoms with Crippen LogP contribution in [0.3, 0.4) is 0 Å². The zero-order chi connectivity index (χ0) is 23.2. The molecule has 2 aromatic rings. The van der Waals surface area contributed by atoms with Crippen molar-refractivity contribution in [3.05, 3.63) is 59.2 Å². The molecule has 2 aromatic carbocycles. The first kappa shape index (κ1) is 25.5. The number of carbonyl (C=O) groups is 1. The van der Waals surface area contributed by atoms with Crippen LogP contribution in [0.2, 0.25) is 0 Å². The van der Waals surface area contributed by atoms with Gasteiger partial charge in [0.1, 0.15) is 0 Å². The molecule has 0 heterocycles. The van der Waals surface area contributed by atoms with Gasteiger partial charge in [-0.15, -0.1) is 0 Å². The molecule has 0 aliphatic heterocycles. The van der Waals surface area contributed by atoms with Gasteiger partial charge in [-0.05, 0) is 59.9 Å². The lowest BCUT2D eigenvalue weighted by molar-refractivity contribution is 0.0600. The molecule has 0 aliphatic rings. The molecule has 0 saturated carbocycles. The maximum absolute atomic E-state index is 11.9. The third-order valence-corrected chi connectivity index (χ3v) is 5.14. The lowest BCUT2D eigenvalue weighted by atomic mass is 10.0. The van der Waals surface area contributed by atoms with Crippen LogP contribution in [0.4, 0.5) is 0 Å². The minimum Gasteiger partial charge on any atom is -0.490 e. The molecular weight excluding hydrogens is 404 g/mol. The molecule has 0 saturated heterocycles. The largest absolute Gasteiger partial charge is 0.490 e. The summed E-state index contributed by atoms with van der Waals surface area (Å²) in [6.07, 6.45) is 8.45. The molecule has 0 fully saturated rings. The molecule has 0 aliphatic carbocycles. The number of hydrogen-bond acceptors (Lipinski definition) is 5. The van der Waals surface area contributed by atoms with Gasteiger partial charge in [0.05, 0.1) is 32.5 Å². The number of carbonyl (C=O) groups excluding carboxylic acids is 1. The first-order valence-electron chi connectivity index (χ1n) is 11.5. The SMILES string of the molecule is CCCCCOc1ccc(/C=C(\CO)c2cccc(C(=O)OC)c2)cc1OCCCCC. The minimum absolute atomic E-state index is 0.160. The molecule has 5 nitrogen and oxygen atoms in total. The van der Waals surface area contributed by atoms with Crippen molar-refractivity contribution < 1.29 is 24.1 Å². The Morgan fingerprint density at radius 2 is 1.53 bits per heavy atom. The van der Waals surface area contributed by atoms with Crippen LogP contribution in [0.15, 0.2) is 42.5 Å². The van der Waals surface area contributed by atoms with E-state index in [9.17, 15) is 9.90 Å². The van der Waals surface area contributed by atoms with Gasteiger partial charge in [-0.3, -0.25) is 0 Å². The predicted octanol–water partition coefficient (Wildman–Crippen LogP) is 6.14. The number of benzene rings is 2. The van der Waals surface area contributed by atoms with Crippen molar-refractivity contribution >= 4 is 17.6 Å². The van der Waals surface area contributed by atoms with Crippen LogP contribution in [-0.2, 0) is 4.74 Å². The molecule has 5 heteroatoms. The van der Waals surface area contributed by atoms with Crippen LogP contribution >= 0.6 is 0 Å². The van der Waals surface area contributed by atoms with Gasteiger partial charge in [-0.25, -0.2) is 4.79 Å². The summed E-state index contributed by atoms with van der Waals surface area (Å²) in [4.78, 5) is 11.9. The fraction of sp³-hybridized carbons (Fsp3) is 0.444. The van der Waals surface area contributed by atoms with E-state index in [1.54, 1.807) is 18.2 Å². The summed E-state index contributed by atoms with van der Waals surface area (Å²) in [7, 11) is 1.35. The molecular formula is C27H36O5. The normalized spacial score (nSPS) is 11.3. The molecule has 0 unspecified atom stereocenters. The van der Waals surface area contributed by atoms with Gasteiger partial charge >= 0.3 is 5.97 Å². The molecule has 2 rings (SSSR count). The maximum Gasteiger partial charge on any atom is 0.337 e. The fourth-order valence-corrected chi connectivity index (χ4v) is 3.30. The van der Waals surface area contributed by atoms with Crippen molar-refractivity contribution in [1.82, 2.24) is 0 Å². The number of unbranched alkanes of at least 4 members (excludes halogenated alkanes) is 4. The fourth-order valence-electron chi connectivity index (χ4n) is 3.30. The number of ether oxygens (including phenoxy) is 3. The summed E-state index contributed by atoms with van der Waals surface area (Å²) in [5.74, 6) is 1.05. The highest BCUT2D eigenvalue weighted by atomic mass is 16.5. The lowest BCUT2D eigenvalue weighted by Crippen LogP contribution is -2.03. The smallest absolute Gasteiger partial charge is 0.337 e. The van der Waals surface area contributed by atoms with E-state index in [2.05, 4.69) is 13.8 Å². The predicted molar refractivity (Wildman–Crippen MR) is 129 cm³/mol. The van der Waals surface area contributed by atoms with E-state index in [0.29, 0.717) is 30.1 Å². The van der Waals surface area contributed by atoms with E-state index in [4.69, 9.17) is 14.2 Å². The second-order valence-electron chi connectivity index (χ2n) is 7.72. The standard InChI is InChI=1S/C27H36O5/c1-4-6-8-15-31-25-14-13-21(18-26(25)32-16-9-7-5-2)17-24(20-28)22-11-10-12-23(19-22)27(29)30-3/h10-14,17-19,28H,4-9,15-16,20H2,1-3H3/b24-17+. The van der Waals surface area contributed by atoms with Crippen LogP contribution in [-0.4, -0.2) is 38.0 Å². The third-order valence-electron chi connectivity index (χ3n) is 5.14. The quantitative estimate of drug-likeness (QED) is 0.217. The van der Waals surface area contributed by atoms with E-state index in [0.717, 1.165) is 55.4 Å². The van der Waals surface area contributed by atoms with E-state index >= 15 is 0 Å². The molecule has 0 aromatic heterocycles. The van der Waals surface area contributed by atoms with E-state index in [1.165, 1.54) is 7.11 Å². The number of aliphatic hydroxyl groups is 1. The molecule has 32 heavy (non-hydrogen) atoms. The number of hydrogen-bond donors (Lipinski definition) is 1. The molecule has 0 spiro atoms. The highest BCUT2D eigenvalue weighted by Gasteiger charge is 2.10. The van der Waals surface area contributed by atoms with Gasteiger partial charge in [0.25, 0.3) is 0 Å².